The second-order valence-electron chi connectivity index (χ2n) is 8.72. The lowest BCUT2D eigenvalue weighted by molar-refractivity contribution is -0.385. The Morgan fingerprint density at radius 3 is 2.32 bits per heavy atom. The molecule has 0 radical (unpaired) electrons. The van der Waals surface area contributed by atoms with E-state index in [9.17, 15) is 24.5 Å². The number of benzene rings is 2. The molecule has 13 heteroatoms. The fraction of sp³-hybridized carbons (Fsp3) is 0.280. The zero-order valence-electron chi connectivity index (χ0n) is 21.0. The molecule has 0 spiro atoms. The van der Waals surface area contributed by atoms with Crippen LogP contribution < -0.4 is 10.2 Å². The minimum Gasteiger partial charge on any atom is -0.378 e. The molecule has 38 heavy (non-hydrogen) atoms. The monoisotopic (exact) mass is 554 g/mol. The Kier molecular flexibility index (Phi) is 8.27. The highest BCUT2D eigenvalue weighted by molar-refractivity contribution is 8.01. The molecule has 0 unspecified atom stereocenters. The summed E-state index contributed by atoms with van der Waals surface area (Å²) in [5, 5.41) is 14.8. The van der Waals surface area contributed by atoms with Gasteiger partial charge in [0.05, 0.1) is 15.3 Å². The van der Waals surface area contributed by atoms with Gasteiger partial charge in [-0.2, -0.15) is 0 Å². The first-order valence-electron chi connectivity index (χ1n) is 11.7. The van der Waals surface area contributed by atoms with E-state index in [0.717, 1.165) is 9.90 Å². The number of amides is 3. The number of nitrogens with zero attached hydrogens (tertiary/aromatic N) is 5. The first kappa shape index (κ1) is 27.1. The Morgan fingerprint density at radius 1 is 1.05 bits per heavy atom. The first-order chi connectivity index (χ1) is 18.1. The lowest BCUT2D eigenvalue weighted by Crippen LogP contribution is -2.50. The smallest absolute Gasteiger partial charge is 0.282 e. The average Bonchev–Trinajstić information content (AvgIpc) is 3.34. The van der Waals surface area contributed by atoms with Crippen LogP contribution in [-0.4, -0.2) is 77.7 Å². The van der Waals surface area contributed by atoms with Gasteiger partial charge in [-0.15, -0.1) is 0 Å². The third kappa shape index (κ3) is 6.29. The number of carbonyl (C=O) groups excluding carboxylic acids is 3. The van der Waals surface area contributed by atoms with Crippen LogP contribution in [0.3, 0.4) is 0 Å². The number of nitrogens with one attached hydrogen (secondary N) is 1. The first-order valence-corrected chi connectivity index (χ1v) is 13.3. The summed E-state index contributed by atoms with van der Waals surface area (Å²) in [7, 11) is 3.84. The number of piperazine rings is 1. The highest BCUT2D eigenvalue weighted by atomic mass is 32.2. The number of hydrogen-bond donors (Lipinski definition) is 1. The second-order valence-corrected chi connectivity index (χ2v) is 11.1. The van der Waals surface area contributed by atoms with E-state index in [-0.39, 0.29) is 23.1 Å². The topological polar surface area (TPSA) is 129 Å². The molecule has 1 aliphatic rings. The van der Waals surface area contributed by atoms with Crippen molar-refractivity contribution in [1.82, 2.24) is 14.8 Å². The number of anilines is 2. The number of carbonyl (C=O) groups is 3. The molecule has 198 valence electrons. The Morgan fingerprint density at radius 2 is 1.71 bits per heavy atom. The number of thiazole rings is 1. The van der Waals surface area contributed by atoms with Gasteiger partial charge in [0.1, 0.15) is 5.56 Å². The highest BCUT2D eigenvalue weighted by Crippen LogP contribution is 2.36. The average molecular weight is 555 g/mol. The molecule has 3 aromatic rings. The quantitative estimate of drug-likeness (QED) is 0.345. The lowest BCUT2D eigenvalue weighted by atomic mass is 10.1. The Balaban J connectivity index is 1.45. The molecule has 0 atom stereocenters. The molecule has 0 bridgehead atoms. The highest BCUT2D eigenvalue weighted by Gasteiger charge is 2.28. The van der Waals surface area contributed by atoms with Gasteiger partial charge < -0.3 is 14.7 Å². The largest absolute Gasteiger partial charge is 0.378 e. The van der Waals surface area contributed by atoms with Gasteiger partial charge in [-0.25, -0.2) is 4.98 Å². The van der Waals surface area contributed by atoms with E-state index in [0.29, 0.717) is 41.8 Å². The maximum atomic E-state index is 13.2. The van der Waals surface area contributed by atoms with Crippen LogP contribution in [0.5, 0.6) is 0 Å². The summed E-state index contributed by atoms with van der Waals surface area (Å²) in [5.41, 5.74) is 1.21. The summed E-state index contributed by atoms with van der Waals surface area (Å²) in [6.45, 7) is 2.87. The summed E-state index contributed by atoms with van der Waals surface area (Å²) in [6.07, 6.45) is 1.60. The fourth-order valence-electron chi connectivity index (χ4n) is 3.86. The van der Waals surface area contributed by atoms with Crippen molar-refractivity contribution < 1.29 is 19.3 Å². The zero-order valence-corrected chi connectivity index (χ0v) is 22.7. The molecule has 1 aromatic heterocycles. The van der Waals surface area contributed by atoms with Gasteiger partial charge in [-0.05, 0) is 36.4 Å². The minimum absolute atomic E-state index is 0.00418. The summed E-state index contributed by atoms with van der Waals surface area (Å²) in [5.74, 6) is -0.794. The number of nitro benzene ring substituents is 1. The Bertz CT molecular complexity index is 1370. The van der Waals surface area contributed by atoms with E-state index in [1.165, 1.54) is 47.1 Å². The summed E-state index contributed by atoms with van der Waals surface area (Å²) in [4.78, 5) is 58.4. The van der Waals surface area contributed by atoms with Crippen LogP contribution in [0.1, 0.15) is 27.6 Å². The molecule has 0 aliphatic carbocycles. The fourth-order valence-corrected chi connectivity index (χ4v) is 5.75. The lowest BCUT2D eigenvalue weighted by Gasteiger charge is -2.34. The summed E-state index contributed by atoms with van der Waals surface area (Å²) < 4.78 is 0.741. The van der Waals surface area contributed by atoms with Crippen molar-refractivity contribution in [3.8, 4) is 0 Å². The molecular weight excluding hydrogens is 528 g/mol. The van der Waals surface area contributed by atoms with E-state index in [2.05, 4.69) is 10.3 Å². The zero-order chi connectivity index (χ0) is 27.4. The molecule has 4 rings (SSSR count). The van der Waals surface area contributed by atoms with Crippen molar-refractivity contribution in [1.29, 1.82) is 0 Å². The van der Waals surface area contributed by atoms with Crippen LogP contribution in [0, 0.1) is 10.1 Å². The van der Waals surface area contributed by atoms with Gasteiger partial charge in [0, 0.05) is 69.4 Å². The van der Waals surface area contributed by atoms with Gasteiger partial charge in [0.2, 0.25) is 5.91 Å². The van der Waals surface area contributed by atoms with Crippen molar-refractivity contribution in [3.63, 3.8) is 0 Å². The molecule has 3 amide bonds. The molecule has 2 heterocycles. The number of nitro groups is 1. The number of hydrogen-bond acceptors (Lipinski definition) is 9. The van der Waals surface area contributed by atoms with Gasteiger partial charge in [0.15, 0.2) is 5.13 Å². The molecule has 1 N–H and O–H groups in total. The maximum Gasteiger partial charge on any atom is 0.282 e. The minimum atomic E-state index is -0.571. The van der Waals surface area contributed by atoms with E-state index in [1.807, 2.05) is 31.1 Å². The SMILES string of the molecule is CC(=O)N1CCN(C(=O)c2cc(Sc3cnc(NC(=O)c4ccc(N(C)C)cc4)s3)ccc2[N+](=O)[O-])CC1. The molecule has 0 saturated carbocycles. The van der Waals surface area contributed by atoms with Gasteiger partial charge in [-0.3, -0.25) is 29.8 Å². The van der Waals surface area contributed by atoms with Crippen LogP contribution in [0.15, 0.2) is 57.8 Å². The van der Waals surface area contributed by atoms with Crippen LogP contribution in [0.25, 0.3) is 0 Å². The van der Waals surface area contributed by atoms with Crippen molar-refractivity contribution in [3.05, 3.63) is 69.9 Å². The number of rotatable bonds is 7. The molecule has 1 aliphatic heterocycles. The molecule has 2 aromatic carbocycles. The van der Waals surface area contributed by atoms with Gasteiger partial charge >= 0.3 is 0 Å². The van der Waals surface area contributed by atoms with Crippen molar-refractivity contribution in [2.45, 2.75) is 16.0 Å². The van der Waals surface area contributed by atoms with Gasteiger partial charge in [0.25, 0.3) is 17.5 Å². The maximum absolute atomic E-state index is 13.2. The van der Waals surface area contributed by atoms with Crippen LogP contribution >= 0.6 is 23.1 Å². The molecule has 1 fully saturated rings. The summed E-state index contributed by atoms with van der Waals surface area (Å²) >= 11 is 2.55. The molecule has 11 nitrogen and oxygen atoms in total. The molecule has 1 saturated heterocycles. The van der Waals surface area contributed by atoms with Crippen LogP contribution in [-0.2, 0) is 4.79 Å². The van der Waals surface area contributed by atoms with E-state index < -0.39 is 10.8 Å². The third-order valence-electron chi connectivity index (χ3n) is 5.98. The van der Waals surface area contributed by atoms with Crippen LogP contribution in [0.4, 0.5) is 16.5 Å². The van der Waals surface area contributed by atoms with E-state index in [4.69, 9.17) is 0 Å². The Labute approximate surface area is 227 Å². The third-order valence-corrected chi connectivity index (χ3v) is 7.98. The standard InChI is InChI=1S/C25H26N6O5S2/c1-16(32)29-10-12-30(13-11-29)24(34)20-14-19(8-9-21(20)31(35)36)37-22-15-26-25(38-22)27-23(33)17-4-6-18(7-5-17)28(2)3/h4-9,14-15H,10-13H2,1-3H3,(H,26,27,33). The second kappa shape index (κ2) is 11.6. The van der Waals surface area contributed by atoms with Crippen molar-refractivity contribution in [2.24, 2.45) is 0 Å². The predicted octanol–water partition coefficient (Wildman–Crippen LogP) is 3.83. The Hall–Kier alpha value is -3.97. The summed E-state index contributed by atoms with van der Waals surface area (Å²) in [6, 6.07) is 11.6. The predicted molar refractivity (Wildman–Crippen MR) is 146 cm³/mol. The number of aromatic nitrogens is 1. The normalized spacial score (nSPS) is 13.2. The van der Waals surface area contributed by atoms with Crippen molar-refractivity contribution >= 4 is 57.3 Å². The van der Waals surface area contributed by atoms with Gasteiger partial charge in [-0.1, -0.05) is 23.1 Å². The van der Waals surface area contributed by atoms with E-state index in [1.54, 1.807) is 29.3 Å². The molecular formula is C25H26N6O5S2. The van der Waals surface area contributed by atoms with Crippen LogP contribution in [0.2, 0.25) is 0 Å². The van der Waals surface area contributed by atoms with E-state index >= 15 is 0 Å². The van der Waals surface area contributed by atoms with Crippen molar-refractivity contribution in [2.75, 3.05) is 50.5 Å².